The lowest BCUT2D eigenvalue weighted by Crippen LogP contribution is -2.63. The summed E-state index contributed by atoms with van der Waals surface area (Å²) in [6.07, 6.45) is 1.45. The zero-order valence-corrected chi connectivity index (χ0v) is 63.5. The molecule has 13 atom stereocenters. The van der Waals surface area contributed by atoms with Crippen LogP contribution >= 0.6 is 0 Å². The maximum atomic E-state index is 14.8. The van der Waals surface area contributed by atoms with Crippen molar-refractivity contribution in [3.63, 3.8) is 0 Å². The van der Waals surface area contributed by atoms with Crippen molar-refractivity contribution in [3.8, 4) is 0 Å². The number of rotatable bonds is 49. The predicted molar refractivity (Wildman–Crippen MR) is 407 cm³/mol. The van der Waals surface area contributed by atoms with Gasteiger partial charge >= 0.3 is 0 Å². The Morgan fingerprint density at radius 1 is 0.445 bits per heavy atom. The molecule has 2 aromatic carbocycles. The lowest BCUT2D eigenvalue weighted by Gasteiger charge is -2.30. The molecule has 0 fully saturated rings. The van der Waals surface area contributed by atoms with Gasteiger partial charge in [-0.05, 0) is 112 Å². The summed E-state index contributed by atoms with van der Waals surface area (Å²) in [6, 6.07) is -1.75. The van der Waals surface area contributed by atoms with Crippen LogP contribution in [0.2, 0.25) is 0 Å². The molecule has 0 saturated heterocycles. The fourth-order valence-electron chi connectivity index (χ4n) is 11.9. The van der Waals surface area contributed by atoms with Crippen molar-refractivity contribution in [3.05, 3.63) is 72.1 Å². The molecule has 38 nitrogen and oxygen atoms in total. The Kier molecular flexibility index (Phi) is 37.7. The summed E-state index contributed by atoms with van der Waals surface area (Å²) in [6.45, 7) is 11.5. The molecule has 2 aromatic heterocycles. The highest BCUT2D eigenvalue weighted by atomic mass is 16.3. The summed E-state index contributed by atoms with van der Waals surface area (Å²) in [5.74, 6) is -15.9. The van der Waals surface area contributed by atoms with Gasteiger partial charge in [0.05, 0.1) is 19.1 Å². The fourth-order valence-corrected chi connectivity index (χ4v) is 11.9. The van der Waals surface area contributed by atoms with E-state index in [0.717, 1.165) is 10.9 Å². The Morgan fingerprint density at radius 3 is 1.34 bits per heavy atom. The molecule has 0 bridgehead atoms. The number of amides is 15. The van der Waals surface area contributed by atoms with E-state index in [2.05, 4.69) is 78.8 Å². The van der Waals surface area contributed by atoms with Gasteiger partial charge in [0, 0.05) is 66.9 Å². The Bertz CT molecular complexity index is 3870. The summed E-state index contributed by atoms with van der Waals surface area (Å²) < 4.78 is 0. The number of aromatic nitrogens is 2. The lowest BCUT2D eigenvalue weighted by atomic mass is 9.96. The Morgan fingerprint density at radius 2 is 0.864 bits per heavy atom. The van der Waals surface area contributed by atoms with Crippen molar-refractivity contribution in [2.75, 3.05) is 26.2 Å². The highest BCUT2D eigenvalue weighted by Gasteiger charge is 2.39. The maximum Gasteiger partial charge on any atom is 0.245 e. The number of hydrogen-bond acceptors (Lipinski definition) is 19. The number of fused-ring (bicyclic) bond motifs is 2. The number of aliphatic hydroxyl groups excluding tert-OH is 1. The molecule has 15 amide bonds. The van der Waals surface area contributed by atoms with Crippen LogP contribution in [0.1, 0.15) is 137 Å². The topological polar surface area (TPSA) is 647 Å². The average molecular weight is 1540 g/mol. The van der Waals surface area contributed by atoms with Gasteiger partial charge in [-0.1, -0.05) is 84.4 Å². The smallest absolute Gasteiger partial charge is 0.245 e. The minimum atomic E-state index is -1.82. The van der Waals surface area contributed by atoms with Gasteiger partial charge in [0.25, 0.3) is 0 Å². The highest BCUT2D eigenvalue weighted by Crippen LogP contribution is 2.22. The zero-order valence-electron chi connectivity index (χ0n) is 63.5. The molecule has 4 aromatic rings. The average Bonchev–Trinajstić information content (AvgIpc) is 1.57. The predicted octanol–water partition coefficient (Wildman–Crippen LogP) is -4.81. The van der Waals surface area contributed by atoms with Crippen molar-refractivity contribution < 1.29 is 77.0 Å². The van der Waals surface area contributed by atoms with Crippen LogP contribution in [0.4, 0.5) is 0 Å². The van der Waals surface area contributed by atoms with Crippen LogP contribution in [0.15, 0.2) is 65.9 Å². The number of nitrogens with two attached hydrogens (primary N) is 7. The number of H-pyrrole nitrogens is 2. The van der Waals surface area contributed by atoms with Crippen LogP contribution in [-0.2, 0) is 84.8 Å². The molecule has 4 rings (SSSR count). The van der Waals surface area contributed by atoms with Crippen molar-refractivity contribution in [1.29, 1.82) is 0 Å². The van der Waals surface area contributed by atoms with E-state index in [0.29, 0.717) is 41.3 Å². The fraction of sp³-hybridized carbons (Fsp3) is 0.556. The van der Waals surface area contributed by atoms with E-state index in [1.54, 1.807) is 88.6 Å². The second-order valence-electron chi connectivity index (χ2n) is 27.8. The number of nitrogens with one attached hydrogen (secondary N) is 14. The highest BCUT2D eigenvalue weighted by molar-refractivity contribution is 6.01. The first kappa shape index (κ1) is 91.1. The van der Waals surface area contributed by atoms with Crippen LogP contribution in [0.3, 0.4) is 0 Å². The first-order valence-electron chi connectivity index (χ1n) is 36.7. The molecule has 38 heteroatoms. The Labute approximate surface area is 637 Å². The minimum absolute atomic E-state index is 0.0248. The number of unbranched alkanes of at least 4 members (excludes halogenated alkanes) is 1. The van der Waals surface area contributed by atoms with E-state index in [1.165, 1.54) is 27.7 Å². The van der Waals surface area contributed by atoms with Crippen LogP contribution in [-0.4, -0.2) is 208 Å². The maximum absolute atomic E-state index is 14.8. The van der Waals surface area contributed by atoms with Gasteiger partial charge < -0.3 is 119 Å². The molecule has 0 unspecified atom stereocenters. The van der Waals surface area contributed by atoms with Gasteiger partial charge in [-0.3, -0.25) is 76.9 Å². The number of guanidine groups is 1. The molecule has 0 aliphatic rings. The molecule has 606 valence electrons. The van der Waals surface area contributed by atoms with Crippen LogP contribution in [0.5, 0.6) is 0 Å². The molecule has 0 spiro atoms. The van der Waals surface area contributed by atoms with Gasteiger partial charge in [0.2, 0.25) is 88.6 Å². The first-order chi connectivity index (χ1) is 52.0. The summed E-state index contributed by atoms with van der Waals surface area (Å²) >= 11 is 0. The summed E-state index contributed by atoms with van der Waals surface area (Å²) in [5.41, 5.74) is 41.5. The van der Waals surface area contributed by atoms with Crippen molar-refractivity contribution in [2.45, 2.75) is 211 Å². The first-order valence-corrected chi connectivity index (χ1v) is 36.7. The van der Waals surface area contributed by atoms with Crippen LogP contribution < -0.4 is 104 Å². The number of benzene rings is 2. The number of primary amides is 3. The Hall–Kier alpha value is -11.3. The molecular weight excluding hydrogens is 1430 g/mol. The lowest BCUT2D eigenvalue weighted by molar-refractivity contribution is -0.138. The van der Waals surface area contributed by atoms with E-state index in [4.69, 9.17) is 40.1 Å². The number of aliphatic hydroxyl groups is 1. The normalized spacial score (nSPS) is 14.8. The molecule has 0 aliphatic carbocycles. The number of carbonyl (C=O) groups excluding carboxylic acids is 15. The van der Waals surface area contributed by atoms with Gasteiger partial charge in [0.15, 0.2) is 5.96 Å². The number of hydrogen-bond donors (Lipinski definition) is 22. The van der Waals surface area contributed by atoms with Crippen molar-refractivity contribution in [1.82, 2.24) is 73.8 Å². The standard InChI is InChI=1S/C72H112N22O16/c1-9-38(6)59(70(109)87-50(22-14-15-27-73)65(104)86-47(61(77)100)25-26-54(75)97)93-67(106)52(31-42-34-82-46-21-13-11-19-44(42)46)89-64(103)49(23-16-28-74)85-56(99)35-83-62(101)53(32-55(76)98)90-68(107)57(36(2)3)92-71(110)60(39(7)95)94-69(108)58(37(4)5)91-66(105)51(30-41-33-81-45-20-12-10-18-43(41)45)88-63(102)48(84-40(8)96)24-17-29-80-72(78)79/h10-13,18-21,33-34,36-39,47-53,57-60,81-82,95H,9,14-17,22-32,35,73-74H2,1-8H3,(H2,75,97)(H2,76,98)(H2,77,100)(H,83,101)(H,84,96)(H,85,99)(H,86,104)(H,87,109)(H,88,102)(H,89,103)(H,90,107)(H,91,105)(H,92,110)(H,93,106)(H,94,108)(H4,78,79,80)/t38-,39+,47-,48-,49-,50-,51-,52-,53-,57-,58-,59-,60-/m0/s1. The van der Waals surface area contributed by atoms with Crippen LogP contribution in [0.25, 0.3) is 21.8 Å². The second kappa shape index (κ2) is 45.5. The summed E-state index contributed by atoms with van der Waals surface area (Å²) in [7, 11) is 0. The third-order valence-electron chi connectivity index (χ3n) is 18.2. The molecule has 0 radical (unpaired) electrons. The van der Waals surface area contributed by atoms with Crippen LogP contribution in [0, 0.1) is 17.8 Å². The molecule has 0 saturated carbocycles. The number of aliphatic imine (C=N–C) groups is 1. The molecular formula is C72H112N22O16. The quantitative estimate of drug-likeness (QED) is 0.0112. The van der Waals surface area contributed by atoms with Gasteiger partial charge in [-0.2, -0.15) is 0 Å². The van der Waals surface area contributed by atoms with Crippen molar-refractivity contribution in [2.24, 2.45) is 62.9 Å². The SMILES string of the molecule is CC[C@H](C)[C@H](NC(=O)[C@H](Cc1c[nH]c2ccccc12)NC(=O)[C@H](CCCN)NC(=O)CNC(=O)[C@H](CC(N)=O)NC(=O)[C@@H](NC(=O)[C@@H](NC(=O)[C@@H](NC(=O)[C@H](Cc1c[nH]c2ccccc12)NC(=O)[C@H](CCCN=C(N)N)NC(C)=O)C(C)C)[C@@H](C)O)C(C)C)C(=O)N[C@@H](CCCCN)C(=O)N[C@@H](CCC(N)=O)C(N)=O. The number of aromatic amines is 2. The molecule has 0 aliphatic heterocycles. The van der Waals surface area contributed by atoms with E-state index < -0.39 is 192 Å². The molecule has 2 heterocycles. The van der Waals surface area contributed by atoms with E-state index >= 15 is 0 Å². The largest absolute Gasteiger partial charge is 0.391 e. The van der Waals surface area contributed by atoms with Crippen molar-refractivity contribution >= 4 is 116 Å². The second-order valence-corrected chi connectivity index (χ2v) is 27.8. The summed E-state index contributed by atoms with van der Waals surface area (Å²) in [4.78, 5) is 215. The van der Waals surface area contributed by atoms with E-state index in [9.17, 15) is 77.0 Å². The van der Waals surface area contributed by atoms with E-state index in [1.807, 2.05) is 0 Å². The summed E-state index contributed by atoms with van der Waals surface area (Å²) in [5, 5.41) is 43.2. The Balaban J connectivity index is 1.53. The third kappa shape index (κ3) is 29.7. The molecule has 29 N–H and O–H groups in total. The van der Waals surface area contributed by atoms with Gasteiger partial charge in [-0.25, -0.2) is 0 Å². The number of nitrogens with zero attached hydrogens (tertiary/aromatic N) is 1. The monoisotopic (exact) mass is 1540 g/mol. The van der Waals surface area contributed by atoms with Gasteiger partial charge in [-0.15, -0.1) is 0 Å². The third-order valence-corrected chi connectivity index (χ3v) is 18.2. The number of carbonyl (C=O) groups is 15. The van der Waals surface area contributed by atoms with Gasteiger partial charge in [0.1, 0.15) is 66.5 Å². The number of para-hydroxylation sites is 2. The minimum Gasteiger partial charge on any atom is -0.391 e. The molecule has 110 heavy (non-hydrogen) atoms. The van der Waals surface area contributed by atoms with E-state index in [-0.39, 0.29) is 83.4 Å². The zero-order chi connectivity index (χ0) is 82.1.